The molecule has 0 atom stereocenters. The van der Waals surface area contributed by atoms with E-state index in [9.17, 15) is 8.42 Å². The lowest BCUT2D eigenvalue weighted by molar-refractivity contribution is 0.408. The predicted molar refractivity (Wildman–Crippen MR) is 30.2 cm³/mol. The van der Waals surface area contributed by atoms with Gasteiger partial charge >= 0.3 is 0 Å². The van der Waals surface area contributed by atoms with Gasteiger partial charge in [-0.05, 0) is 6.92 Å². The van der Waals surface area contributed by atoms with E-state index in [-0.39, 0.29) is 0 Å². The minimum Gasteiger partial charge on any atom is -0.261 e. The summed E-state index contributed by atoms with van der Waals surface area (Å²) in [5, 5.41) is 0.743. The molecule has 0 aromatic carbocycles. The normalized spacial score (nSPS) is 11.1. The van der Waals surface area contributed by atoms with Gasteiger partial charge in [0.15, 0.2) is 0 Å². The van der Waals surface area contributed by atoms with E-state index in [1.54, 1.807) is 0 Å². The highest BCUT2D eigenvalue weighted by Gasteiger charge is 1.99. The molecule has 0 aliphatic heterocycles. The van der Waals surface area contributed by atoms with Crippen molar-refractivity contribution in [1.29, 1.82) is 0 Å². The third-order valence-electron chi connectivity index (χ3n) is 0.434. The fourth-order valence-corrected chi connectivity index (χ4v) is 0.520. The third-order valence-corrected chi connectivity index (χ3v) is 1.30. The summed E-state index contributed by atoms with van der Waals surface area (Å²) < 4.78 is 24.6. The zero-order chi connectivity index (χ0) is 6.62. The van der Waals surface area contributed by atoms with Crippen LogP contribution in [0, 0.1) is 6.61 Å². The van der Waals surface area contributed by atoms with Crippen LogP contribution in [0.3, 0.4) is 0 Å². The van der Waals surface area contributed by atoms with Crippen LogP contribution in [0.1, 0.15) is 6.92 Å². The molecule has 4 heteroatoms. The molecule has 3 nitrogen and oxygen atoms in total. The molecule has 0 heterocycles. The molecular weight excluding hydrogens is 128 g/mol. The maximum atomic E-state index is 10.2. The Labute approximate surface area is 49.1 Å². The molecular formula is C4H7O3S. The molecule has 47 valence electrons. The average Bonchev–Trinajstić information content (AvgIpc) is 1.67. The van der Waals surface area contributed by atoms with Crippen molar-refractivity contribution in [2.24, 2.45) is 0 Å². The van der Waals surface area contributed by atoms with Gasteiger partial charge in [0, 0.05) is 0 Å². The molecule has 0 saturated carbocycles. The Balaban J connectivity index is 3.95. The van der Waals surface area contributed by atoms with Gasteiger partial charge in [-0.2, -0.15) is 8.42 Å². The summed E-state index contributed by atoms with van der Waals surface area (Å²) in [6.07, 6.45) is 0. The molecule has 0 fully saturated rings. The van der Waals surface area contributed by atoms with Gasteiger partial charge in [-0.25, -0.2) is 0 Å². The highest BCUT2D eigenvalue weighted by atomic mass is 32.2. The van der Waals surface area contributed by atoms with E-state index in [2.05, 4.69) is 10.8 Å². The number of rotatable bonds is 3. The van der Waals surface area contributed by atoms with E-state index in [0.29, 0.717) is 0 Å². The Morgan fingerprint density at radius 1 is 1.62 bits per heavy atom. The Morgan fingerprint density at radius 3 is 2.25 bits per heavy atom. The Hall–Kier alpha value is -0.350. The Bertz CT molecular complexity index is 156. The van der Waals surface area contributed by atoms with Gasteiger partial charge < -0.3 is 0 Å². The summed E-state index contributed by atoms with van der Waals surface area (Å²) in [6.45, 7) is 5.57. The van der Waals surface area contributed by atoms with Crippen LogP contribution in [0.4, 0.5) is 0 Å². The summed E-state index contributed by atoms with van der Waals surface area (Å²) in [4.78, 5) is 0. The van der Waals surface area contributed by atoms with Gasteiger partial charge in [-0.3, -0.25) is 4.18 Å². The summed E-state index contributed by atoms with van der Waals surface area (Å²) >= 11 is 0. The van der Waals surface area contributed by atoms with Crippen LogP contribution < -0.4 is 0 Å². The van der Waals surface area contributed by atoms with Gasteiger partial charge in [0.05, 0.1) is 5.41 Å². The highest BCUT2D eigenvalue weighted by molar-refractivity contribution is 7.89. The smallest absolute Gasteiger partial charge is 0.261 e. The molecule has 0 saturated heterocycles. The molecule has 0 aromatic rings. The van der Waals surface area contributed by atoms with Crippen molar-refractivity contribution in [2.45, 2.75) is 6.92 Å². The zero-order valence-electron chi connectivity index (χ0n) is 4.49. The molecule has 0 aromatic heterocycles. The first-order valence-corrected chi connectivity index (χ1v) is 3.43. The van der Waals surface area contributed by atoms with E-state index < -0.39 is 10.1 Å². The summed E-state index contributed by atoms with van der Waals surface area (Å²) in [5.41, 5.74) is 0. The van der Waals surface area contributed by atoms with Crippen LogP contribution >= 0.6 is 0 Å². The summed E-state index contributed by atoms with van der Waals surface area (Å²) in [5.74, 6) is 0. The minimum absolute atomic E-state index is 0.743. The summed E-state index contributed by atoms with van der Waals surface area (Å²) in [6, 6.07) is 0. The van der Waals surface area contributed by atoms with E-state index >= 15 is 0 Å². The SMILES string of the molecule is C=CS(=O)(=O)O[CH]C. The molecule has 0 amide bonds. The molecule has 0 aliphatic carbocycles. The van der Waals surface area contributed by atoms with Crippen LogP contribution in [-0.4, -0.2) is 8.42 Å². The topological polar surface area (TPSA) is 43.4 Å². The molecule has 0 unspecified atom stereocenters. The van der Waals surface area contributed by atoms with Crippen LogP contribution in [-0.2, 0) is 14.3 Å². The first kappa shape index (κ1) is 7.65. The van der Waals surface area contributed by atoms with Crippen molar-refractivity contribution in [3.05, 3.63) is 18.6 Å². The van der Waals surface area contributed by atoms with Crippen LogP contribution in [0.5, 0.6) is 0 Å². The van der Waals surface area contributed by atoms with Crippen molar-refractivity contribution in [1.82, 2.24) is 0 Å². The zero-order valence-corrected chi connectivity index (χ0v) is 5.31. The monoisotopic (exact) mass is 135 g/mol. The van der Waals surface area contributed by atoms with Crippen molar-refractivity contribution in [3.63, 3.8) is 0 Å². The Morgan fingerprint density at radius 2 is 2.12 bits per heavy atom. The van der Waals surface area contributed by atoms with Crippen LogP contribution in [0.15, 0.2) is 12.0 Å². The number of hydrogen-bond acceptors (Lipinski definition) is 3. The fraction of sp³-hybridized carbons (Fsp3) is 0.250. The lowest BCUT2D eigenvalue weighted by atomic mass is 10.9. The second-order valence-corrected chi connectivity index (χ2v) is 2.50. The predicted octanol–water partition coefficient (Wildman–Crippen LogP) is 0.658. The molecule has 0 rings (SSSR count). The maximum Gasteiger partial charge on any atom is 0.289 e. The molecule has 0 spiro atoms. The largest absolute Gasteiger partial charge is 0.289 e. The lowest BCUT2D eigenvalue weighted by Crippen LogP contribution is -1.95. The van der Waals surface area contributed by atoms with E-state index in [1.165, 1.54) is 6.92 Å². The first-order valence-electron chi connectivity index (χ1n) is 1.96. The van der Waals surface area contributed by atoms with Crippen LogP contribution in [0.25, 0.3) is 0 Å². The second-order valence-electron chi connectivity index (χ2n) is 0.991. The van der Waals surface area contributed by atoms with E-state index in [0.717, 1.165) is 12.0 Å². The van der Waals surface area contributed by atoms with Crippen molar-refractivity contribution in [2.75, 3.05) is 0 Å². The molecule has 0 aliphatic rings. The number of hydrogen-bond donors (Lipinski definition) is 0. The van der Waals surface area contributed by atoms with Gasteiger partial charge in [-0.15, -0.1) is 0 Å². The first-order chi connectivity index (χ1) is 3.62. The quantitative estimate of drug-likeness (QED) is 0.534. The molecule has 0 N–H and O–H groups in total. The average molecular weight is 135 g/mol. The van der Waals surface area contributed by atoms with E-state index in [4.69, 9.17) is 0 Å². The van der Waals surface area contributed by atoms with Crippen molar-refractivity contribution < 1.29 is 12.6 Å². The molecule has 0 bridgehead atoms. The fourth-order valence-electron chi connectivity index (χ4n) is 0.173. The standard InChI is InChI=1S/C4H7O3S/c1-3-7-8(5,6)4-2/h3-4H,2H2,1H3. The lowest BCUT2D eigenvalue weighted by Gasteiger charge is -1.91. The highest BCUT2D eigenvalue weighted by Crippen LogP contribution is 1.93. The van der Waals surface area contributed by atoms with Crippen molar-refractivity contribution >= 4 is 10.1 Å². The maximum absolute atomic E-state index is 10.2. The van der Waals surface area contributed by atoms with Gasteiger partial charge in [0.1, 0.15) is 6.61 Å². The van der Waals surface area contributed by atoms with Gasteiger partial charge in [-0.1, -0.05) is 6.58 Å². The van der Waals surface area contributed by atoms with E-state index in [1.807, 2.05) is 0 Å². The van der Waals surface area contributed by atoms with Crippen molar-refractivity contribution in [3.8, 4) is 0 Å². The summed E-state index contributed by atoms with van der Waals surface area (Å²) in [7, 11) is -3.46. The van der Waals surface area contributed by atoms with Gasteiger partial charge in [0.2, 0.25) is 0 Å². The Kier molecular flexibility index (Phi) is 2.71. The molecule has 1 radical (unpaired) electrons. The second kappa shape index (κ2) is 2.84. The third kappa shape index (κ3) is 2.76. The van der Waals surface area contributed by atoms with Gasteiger partial charge in [0.25, 0.3) is 10.1 Å². The van der Waals surface area contributed by atoms with Crippen LogP contribution in [0.2, 0.25) is 0 Å². The minimum atomic E-state index is -3.46. The molecule has 8 heavy (non-hydrogen) atoms.